The molecule has 0 bridgehead atoms. The summed E-state index contributed by atoms with van der Waals surface area (Å²) in [5.74, 6) is 0.163. The van der Waals surface area contributed by atoms with Crippen LogP contribution in [0.1, 0.15) is 12.8 Å². The lowest BCUT2D eigenvalue weighted by Crippen LogP contribution is -2.34. The Hall–Kier alpha value is -1.92. The minimum absolute atomic E-state index is 0.0741. The summed E-state index contributed by atoms with van der Waals surface area (Å²) in [6, 6.07) is 7.59. The first kappa shape index (κ1) is 14.0. The summed E-state index contributed by atoms with van der Waals surface area (Å²) < 4.78 is 0. The van der Waals surface area contributed by atoms with Gasteiger partial charge in [0.25, 0.3) is 0 Å². The van der Waals surface area contributed by atoms with E-state index >= 15 is 0 Å². The molecule has 5 nitrogen and oxygen atoms in total. The van der Waals surface area contributed by atoms with Gasteiger partial charge in [-0.25, -0.2) is 4.98 Å². The van der Waals surface area contributed by atoms with Gasteiger partial charge in [-0.3, -0.25) is 4.79 Å². The minimum Gasteiger partial charge on any atom is -0.399 e. The number of hydrogen-bond acceptors (Lipinski definition) is 5. The zero-order chi connectivity index (χ0) is 14.7. The number of nitrogens with zero attached hydrogens (tertiary/aromatic N) is 1. The van der Waals surface area contributed by atoms with E-state index in [2.05, 4.69) is 15.6 Å². The summed E-state index contributed by atoms with van der Waals surface area (Å²) >= 11 is 1.44. The molecule has 0 atom stereocenters. The van der Waals surface area contributed by atoms with E-state index in [1.54, 1.807) is 0 Å². The van der Waals surface area contributed by atoms with Gasteiger partial charge in [0.15, 0.2) is 5.13 Å². The van der Waals surface area contributed by atoms with Crippen molar-refractivity contribution in [1.82, 2.24) is 10.3 Å². The van der Waals surface area contributed by atoms with Crippen LogP contribution in [0.15, 0.2) is 29.6 Å². The van der Waals surface area contributed by atoms with Crippen LogP contribution < -0.4 is 16.4 Å². The number of anilines is 2. The van der Waals surface area contributed by atoms with E-state index in [1.807, 2.05) is 29.6 Å². The molecular formula is C15H18N4OS. The van der Waals surface area contributed by atoms with Gasteiger partial charge in [-0.15, -0.1) is 11.3 Å². The molecule has 0 saturated carbocycles. The normalized spacial score (nSPS) is 15.8. The third kappa shape index (κ3) is 3.40. The Morgan fingerprint density at radius 3 is 2.95 bits per heavy atom. The molecule has 4 N–H and O–H groups in total. The van der Waals surface area contributed by atoms with Crippen molar-refractivity contribution in [3.05, 3.63) is 29.6 Å². The van der Waals surface area contributed by atoms with Crippen LogP contribution in [-0.2, 0) is 4.79 Å². The molecule has 21 heavy (non-hydrogen) atoms. The Morgan fingerprint density at radius 2 is 2.19 bits per heavy atom. The molecule has 0 aliphatic carbocycles. The summed E-state index contributed by atoms with van der Waals surface area (Å²) in [5.41, 5.74) is 8.30. The number of rotatable bonds is 3. The van der Waals surface area contributed by atoms with E-state index < -0.39 is 0 Å². The number of piperidine rings is 1. The molecule has 1 fully saturated rings. The highest BCUT2D eigenvalue weighted by Crippen LogP contribution is 2.26. The summed E-state index contributed by atoms with van der Waals surface area (Å²) in [5, 5.41) is 8.77. The standard InChI is InChI=1S/C15H18N4OS/c16-12-3-1-2-11(8-12)13-9-21-15(18-13)19-14(20)10-4-6-17-7-5-10/h1-3,8-10,17H,4-7,16H2,(H,18,19,20). The number of amides is 1. The summed E-state index contributed by atoms with van der Waals surface area (Å²) in [4.78, 5) is 16.6. The van der Waals surface area contributed by atoms with Crippen LogP contribution in [0.5, 0.6) is 0 Å². The molecule has 2 aromatic rings. The van der Waals surface area contributed by atoms with Gasteiger partial charge in [-0.1, -0.05) is 12.1 Å². The first-order chi connectivity index (χ1) is 10.2. The Morgan fingerprint density at radius 1 is 1.38 bits per heavy atom. The summed E-state index contributed by atoms with van der Waals surface area (Å²) in [7, 11) is 0. The van der Waals surface area contributed by atoms with E-state index in [0.29, 0.717) is 10.8 Å². The molecule has 6 heteroatoms. The second kappa shape index (κ2) is 6.24. The molecule has 3 rings (SSSR count). The maximum Gasteiger partial charge on any atom is 0.229 e. The Labute approximate surface area is 127 Å². The molecule has 1 aromatic carbocycles. The van der Waals surface area contributed by atoms with Gasteiger partial charge < -0.3 is 16.4 Å². The predicted octanol–water partition coefficient (Wildman–Crippen LogP) is 2.33. The number of aromatic nitrogens is 1. The van der Waals surface area contributed by atoms with Crippen LogP contribution >= 0.6 is 11.3 Å². The second-order valence-electron chi connectivity index (χ2n) is 5.18. The van der Waals surface area contributed by atoms with Crippen LogP contribution in [0.4, 0.5) is 10.8 Å². The minimum atomic E-state index is 0.0741. The van der Waals surface area contributed by atoms with E-state index in [-0.39, 0.29) is 11.8 Å². The van der Waals surface area contributed by atoms with Crippen LogP contribution in [0.2, 0.25) is 0 Å². The quantitative estimate of drug-likeness (QED) is 0.760. The van der Waals surface area contributed by atoms with Crippen molar-refractivity contribution >= 4 is 28.1 Å². The molecule has 1 aromatic heterocycles. The van der Waals surface area contributed by atoms with Gasteiger partial charge in [-0.05, 0) is 38.1 Å². The SMILES string of the molecule is Nc1cccc(-c2csc(NC(=O)C3CCNCC3)n2)c1. The predicted molar refractivity (Wildman–Crippen MR) is 86.2 cm³/mol. The number of carbonyl (C=O) groups excluding carboxylic acids is 1. The van der Waals surface area contributed by atoms with Crippen LogP contribution in [0.25, 0.3) is 11.3 Å². The number of nitrogen functional groups attached to an aromatic ring is 1. The molecule has 1 aliphatic heterocycles. The second-order valence-corrected chi connectivity index (χ2v) is 6.03. The van der Waals surface area contributed by atoms with Gasteiger partial charge >= 0.3 is 0 Å². The van der Waals surface area contributed by atoms with Crippen molar-refractivity contribution in [3.8, 4) is 11.3 Å². The maximum atomic E-state index is 12.2. The van der Waals surface area contributed by atoms with Gasteiger partial charge in [0.1, 0.15) is 0 Å². The molecule has 0 unspecified atom stereocenters. The van der Waals surface area contributed by atoms with Crippen molar-refractivity contribution in [3.63, 3.8) is 0 Å². The Balaban J connectivity index is 1.69. The number of thiazole rings is 1. The van der Waals surface area contributed by atoms with Crippen LogP contribution in [0.3, 0.4) is 0 Å². The fraction of sp³-hybridized carbons (Fsp3) is 0.333. The van der Waals surface area contributed by atoms with Gasteiger partial charge in [0.05, 0.1) is 5.69 Å². The monoisotopic (exact) mass is 302 g/mol. The van der Waals surface area contributed by atoms with Crippen LogP contribution in [0, 0.1) is 5.92 Å². The molecule has 2 heterocycles. The van der Waals surface area contributed by atoms with Crippen molar-refractivity contribution in [2.75, 3.05) is 24.1 Å². The molecule has 1 saturated heterocycles. The third-order valence-corrected chi connectivity index (χ3v) is 4.38. The van der Waals surface area contributed by atoms with Crippen molar-refractivity contribution in [2.24, 2.45) is 5.92 Å². The van der Waals surface area contributed by atoms with Crippen molar-refractivity contribution in [1.29, 1.82) is 0 Å². The van der Waals surface area contributed by atoms with Gasteiger partial charge in [0.2, 0.25) is 5.91 Å². The molecule has 1 amide bonds. The number of nitrogens with one attached hydrogen (secondary N) is 2. The van der Waals surface area contributed by atoms with E-state index in [1.165, 1.54) is 11.3 Å². The molecule has 110 valence electrons. The van der Waals surface area contributed by atoms with E-state index in [0.717, 1.165) is 37.2 Å². The zero-order valence-electron chi connectivity index (χ0n) is 11.6. The first-order valence-electron chi connectivity index (χ1n) is 7.05. The summed E-state index contributed by atoms with van der Waals surface area (Å²) in [6.07, 6.45) is 1.78. The van der Waals surface area contributed by atoms with Crippen molar-refractivity contribution in [2.45, 2.75) is 12.8 Å². The average molecular weight is 302 g/mol. The highest BCUT2D eigenvalue weighted by molar-refractivity contribution is 7.14. The molecule has 1 aliphatic rings. The number of hydrogen-bond donors (Lipinski definition) is 3. The highest BCUT2D eigenvalue weighted by Gasteiger charge is 2.21. The van der Waals surface area contributed by atoms with Crippen LogP contribution in [-0.4, -0.2) is 24.0 Å². The third-order valence-electron chi connectivity index (χ3n) is 3.63. The Kier molecular flexibility index (Phi) is 4.17. The lowest BCUT2D eigenvalue weighted by molar-refractivity contribution is -0.120. The Bertz CT molecular complexity index is 634. The average Bonchev–Trinajstić information content (AvgIpc) is 2.97. The number of benzene rings is 1. The summed E-state index contributed by atoms with van der Waals surface area (Å²) in [6.45, 7) is 1.81. The topological polar surface area (TPSA) is 80.0 Å². The first-order valence-corrected chi connectivity index (χ1v) is 7.93. The number of carbonyl (C=O) groups is 1. The highest BCUT2D eigenvalue weighted by atomic mass is 32.1. The largest absolute Gasteiger partial charge is 0.399 e. The fourth-order valence-electron chi connectivity index (χ4n) is 2.45. The van der Waals surface area contributed by atoms with E-state index in [9.17, 15) is 4.79 Å². The lowest BCUT2D eigenvalue weighted by Gasteiger charge is -2.20. The van der Waals surface area contributed by atoms with E-state index in [4.69, 9.17) is 5.73 Å². The molecular weight excluding hydrogens is 284 g/mol. The fourth-order valence-corrected chi connectivity index (χ4v) is 3.18. The smallest absolute Gasteiger partial charge is 0.229 e. The van der Waals surface area contributed by atoms with Crippen molar-refractivity contribution < 1.29 is 4.79 Å². The molecule has 0 radical (unpaired) electrons. The zero-order valence-corrected chi connectivity index (χ0v) is 12.5. The molecule has 0 spiro atoms. The van der Waals surface area contributed by atoms with Gasteiger partial charge in [-0.2, -0.15) is 0 Å². The lowest BCUT2D eigenvalue weighted by atomic mass is 9.97. The maximum absolute atomic E-state index is 12.2. The number of nitrogens with two attached hydrogens (primary N) is 1. The van der Waals surface area contributed by atoms with Gasteiger partial charge in [0, 0.05) is 22.5 Å².